The Labute approximate surface area is 77.6 Å². The zero-order chi connectivity index (χ0) is 4.12. The smallest absolute Gasteiger partial charge is 0.0693 e. The summed E-state index contributed by atoms with van der Waals surface area (Å²) in [6.45, 7) is 0.566. The van der Waals surface area contributed by atoms with E-state index in [0.29, 0.717) is 6.61 Å². The van der Waals surface area contributed by atoms with E-state index >= 15 is 0 Å². The van der Waals surface area contributed by atoms with E-state index in [1.807, 2.05) is 0 Å². The molecule has 41 valence electrons. The molecule has 0 rings (SSSR count). The second-order valence-corrected chi connectivity index (χ2v) is 0.716. The zero-order valence-corrected chi connectivity index (χ0v) is 9.26. The molecule has 0 unspecified atom stereocenters. The molecule has 0 saturated heterocycles. The van der Waals surface area contributed by atoms with E-state index in [1.54, 1.807) is 7.11 Å². The van der Waals surface area contributed by atoms with Gasteiger partial charge in [-0.25, -0.2) is 0 Å². The summed E-state index contributed by atoms with van der Waals surface area (Å²) in [5.41, 5.74) is 0. The summed E-state index contributed by atoms with van der Waals surface area (Å²) < 4.78 is 4.44. The topological polar surface area (TPSA) is 29.5 Å². The summed E-state index contributed by atoms with van der Waals surface area (Å²) in [6.07, 6.45) is 0. The van der Waals surface area contributed by atoms with Gasteiger partial charge in [0.05, 0.1) is 13.2 Å². The van der Waals surface area contributed by atoms with Gasteiger partial charge in [0.2, 0.25) is 0 Å². The fourth-order valence-corrected chi connectivity index (χ4v) is 0.0913. The molecule has 0 fully saturated rings. The average Bonchev–Trinajstić information content (AvgIpc) is 1.41. The van der Waals surface area contributed by atoms with Gasteiger partial charge in [0, 0.05) is 55.0 Å². The molecule has 0 amide bonds. The Morgan fingerprint density at radius 1 is 1.57 bits per heavy atom. The summed E-state index contributed by atoms with van der Waals surface area (Å²) >= 11 is 0. The van der Waals surface area contributed by atoms with Gasteiger partial charge in [-0.15, -0.1) is 0 Å². The van der Waals surface area contributed by atoms with Crippen molar-refractivity contribution >= 4 is 26.2 Å². The van der Waals surface area contributed by atoms with Gasteiger partial charge in [-0.05, 0) is 0 Å². The van der Waals surface area contributed by atoms with Crippen molar-refractivity contribution in [3.8, 4) is 0 Å². The molecule has 0 aromatic heterocycles. The van der Waals surface area contributed by atoms with Crippen molar-refractivity contribution in [3.05, 3.63) is 0 Å². The van der Waals surface area contributed by atoms with Gasteiger partial charge in [0.15, 0.2) is 0 Å². The largest absolute Gasteiger partial charge is 0.394 e. The molecule has 0 aliphatic rings. The van der Waals surface area contributed by atoms with Crippen LogP contribution >= 0.6 is 0 Å². The molecule has 7 heavy (non-hydrogen) atoms. The molecule has 0 aromatic rings. The normalized spacial score (nSPS) is 6.00. The van der Waals surface area contributed by atoms with Crippen LogP contribution in [0.5, 0.6) is 0 Å². The van der Waals surface area contributed by atoms with Gasteiger partial charge in [0.25, 0.3) is 0 Å². The zero-order valence-electron chi connectivity index (χ0n) is 4.22. The van der Waals surface area contributed by atoms with Gasteiger partial charge < -0.3 is 9.84 Å². The van der Waals surface area contributed by atoms with Gasteiger partial charge in [0.1, 0.15) is 0 Å². The molecular weight excluding hydrogens is 325 g/mol. The molecule has 0 bridgehead atoms. The summed E-state index contributed by atoms with van der Waals surface area (Å²) in [6, 6.07) is 0. The molecule has 0 atom stereocenters. The van der Waals surface area contributed by atoms with Crippen molar-refractivity contribution < 1.29 is 31.6 Å². The van der Waals surface area contributed by atoms with Crippen LogP contribution in [0.4, 0.5) is 0 Å². The Morgan fingerprint density at radius 3 is 2.00 bits per heavy atom. The Balaban J connectivity index is -0.0000000800. The second kappa shape index (κ2) is 15.6. The first-order valence-corrected chi connectivity index (χ1v) is 1.51. The molecule has 3 radical (unpaired) electrons. The number of methoxy groups -OCH3 is 1. The number of ether oxygens (including phenoxy) is 1. The minimum atomic E-state index is 0. The summed E-state index contributed by atoms with van der Waals surface area (Å²) in [7, 11) is 1.55. The third kappa shape index (κ3) is 18.5. The van der Waals surface area contributed by atoms with Crippen molar-refractivity contribution in [1.29, 1.82) is 0 Å². The van der Waals surface area contributed by atoms with Crippen molar-refractivity contribution in [3.63, 3.8) is 0 Å². The van der Waals surface area contributed by atoms with Gasteiger partial charge in [-0.3, -0.25) is 0 Å². The number of hydrogen-bond acceptors (Lipinski definition) is 2. The molecule has 0 aromatic carbocycles. The van der Waals surface area contributed by atoms with Crippen molar-refractivity contribution in [1.82, 2.24) is 0 Å². The van der Waals surface area contributed by atoms with E-state index < -0.39 is 0 Å². The maximum atomic E-state index is 7.94. The van der Waals surface area contributed by atoms with Crippen LogP contribution in [-0.2, 0) is 26.5 Å². The monoisotopic (exact) mass is 333 g/mol. The Bertz CT molecular complexity index is 20.4. The van der Waals surface area contributed by atoms with Crippen molar-refractivity contribution in [2.45, 2.75) is 0 Å². The van der Waals surface area contributed by atoms with E-state index in [1.165, 1.54) is 0 Å². The Hall–Kier alpha value is 1.52. The summed E-state index contributed by atoms with van der Waals surface area (Å²) in [5.74, 6) is 0. The van der Waals surface area contributed by atoms with Crippen LogP contribution in [0.3, 0.4) is 0 Å². The molecule has 4 heteroatoms. The maximum absolute atomic E-state index is 7.94. The van der Waals surface area contributed by atoms with Crippen LogP contribution in [0.25, 0.3) is 0 Å². The predicted molar refractivity (Wildman–Crippen MR) is 24.7 cm³/mol. The van der Waals surface area contributed by atoms with Gasteiger partial charge >= 0.3 is 0 Å². The van der Waals surface area contributed by atoms with E-state index in [2.05, 4.69) is 4.74 Å². The number of hydrogen-bond donors (Lipinski definition) is 1. The fraction of sp³-hybridized carbons (Fsp3) is 1.00. The quantitative estimate of drug-likeness (QED) is 0.674. The van der Waals surface area contributed by atoms with Crippen molar-refractivity contribution in [2.24, 2.45) is 0 Å². The van der Waals surface area contributed by atoms with Crippen LogP contribution in [0.1, 0.15) is 0 Å². The first kappa shape index (κ1) is 15.8. The van der Waals surface area contributed by atoms with Crippen LogP contribution in [0, 0.1) is 0 Å². The first-order chi connectivity index (χ1) is 2.41. The first-order valence-electron chi connectivity index (χ1n) is 1.51. The van der Waals surface area contributed by atoms with Crippen LogP contribution < -0.4 is 0 Å². The molecule has 0 spiro atoms. The minimum Gasteiger partial charge on any atom is -0.394 e. The number of rotatable bonds is 2. The summed E-state index contributed by atoms with van der Waals surface area (Å²) in [5, 5.41) is 7.94. The standard InChI is InChI=1S/C3H8O2.Bi.Ti/c1-5-3-2-4;;/h4H,2-3H2,1H3;;. The molecule has 0 aliphatic carbocycles. The Morgan fingerprint density at radius 2 is 2.00 bits per heavy atom. The van der Waals surface area contributed by atoms with E-state index in [0.717, 1.165) is 0 Å². The number of aliphatic hydroxyl groups is 1. The van der Waals surface area contributed by atoms with Crippen LogP contribution in [0.15, 0.2) is 0 Å². The number of aliphatic hydroxyl groups excluding tert-OH is 1. The SMILES string of the molecule is COCCO.[Bi].[Ti]. The van der Waals surface area contributed by atoms with E-state index in [9.17, 15) is 0 Å². The molecular formula is C3H8BiO2Ti. The molecule has 0 saturated carbocycles. The summed E-state index contributed by atoms with van der Waals surface area (Å²) in [4.78, 5) is 0. The molecule has 1 N–H and O–H groups in total. The third-order valence-electron chi connectivity index (χ3n) is 0.295. The average molecular weight is 333 g/mol. The second-order valence-electron chi connectivity index (χ2n) is 0.716. The fourth-order valence-electron chi connectivity index (χ4n) is 0.0913. The van der Waals surface area contributed by atoms with E-state index in [4.69, 9.17) is 5.11 Å². The third-order valence-corrected chi connectivity index (χ3v) is 0.295. The minimum absolute atomic E-state index is 0. The molecule has 0 aliphatic heterocycles. The predicted octanol–water partition coefficient (Wildman–Crippen LogP) is -0.758. The van der Waals surface area contributed by atoms with Crippen LogP contribution in [-0.4, -0.2) is 51.6 Å². The van der Waals surface area contributed by atoms with E-state index in [-0.39, 0.29) is 54.5 Å². The van der Waals surface area contributed by atoms with Crippen molar-refractivity contribution in [2.75, 3.05) is 20.3 Å². The maximum Gasteiger partial charge on any atom is 0.0693 e. The Kier molecular flexibility index (Phi) is 35.3. The van der Waals surface area contributed by atoms with Gasteiger partial charge in [-0.1, -0.05) is 0 Å². The molecule has 2 nitrogen and oxygen atoms in total. The molecule has 0 heterocycles. The van der Waals surface area contributed by atoms with Gasteiger partial charge in [-0.2, -0.15) is 0 Å². The van der Waals surface area contributed by atoms with Crippen LogP contribution in [0.2, 0.25) is 0 Å².